The van der Waals surface area contributed by atoms with E-state index in [-0.39, 0.29) is 11.9 Å². The summed E-state index contributed by atoms with van der Waals surface area (Å²) in [5.41, 5.74) is 2.26. The number of nitrogens with zero attached hydrogens (tertiary/aromatic N) is 3. The number of nitrogens with one attached hydrogen (secondary N) is 1. The van der Waals surface area contributed by atoms with E-state index in [0.29, 0.717) is 18.1 Å². The van der Waals surface area contributed by atoms with Gasteiger partial charge in [-0.1, -0.05) is 55.5 Å². The number of benzene rings is 2. The quantitative estimate of drug-likeness (QED) is 0.672. The minimum atomic E-state index is -0.153. The zero-order valence-corrected chi connectivity index (χ0v) is 15.7. The summed E-state index contributed by atoms with van der Waals surface area (Å²) in [6, 6.07) is 21.6. The first-order chi connectivity index (χ1) is 13.2. The molecule has 5 heteroatoms. The van der Waals surface area contributed by atoms with E-state index in [1.165, 1.54) is 6.33 Å². The van der Waals surface area contributed by atoms with Gasteiger partial charge < -0.3 is 10.2 Å². The van der Waals surface area contributed by atoms with Gasteiger partial charge in [-0.15, -0.1) is 0 Å². The van der Waals surface area contributed by atoms with Gasteiger partial charge in [-0.3, -0.25) is 4.79 Å². The van der Waals surface area contributed by atoms with Gasteiger partial charge in [0.2, 0.25) is 0 Å². The van der Waals surface area contributed by atoms with E-state index >= 15 is 0 Å². The zero-order chi connectivity index (χ0) is 19.1. The van der Waals surface area contributed by atoms with Crippen LogP contribution in [0, 0.1) is 0 Å². The Morgan fingerprint density at radius 2 is 1.70 bits per heavy atom. The lowest BCUT2D eigenvalue weighted by Crippen LogP contribution is -2.31. The molecule has 138 valence electrons. The lowest BCUT2D eigenvalue weighted by atomic mass is 10.1. The molecular formula is C22H24N4O. The first-order valence-corrected chi connectivity index (χ1v) is 9.16. The molecule has 5 nitrogen and oxygen atoms in total. The number of amides is 1. The summed E-state index contributed by atoms with van der Waals surface area (Å²) in [5, 5.41) is 3.29. The highest BCUT2D eigenvalue weighted by Gasteiger charge is 2.20. The van der Waals surface area contributed by atoms with Crippen molar-refractivity contribution in [3.63, 3.8) is 0 Å². The summed E-state index contributed by atoms with van der Waals surface area (Å²) in [7, 11) is 0. The average Bonchev–Trinajstić information content (AvgIpc) is 2.73. The van der Waals surface area contributed by atoms with Crippen LogP contribution in [0.1, 0.15) is 36.3 Å². The van der Waals surface area contributed by atoms with Crippen molar-refractivity contribution < 1.29 is 4.79 Å². The third kappa shape index (κ3) is 4.91. The number of carbonyl (C=O) groups is 1. The Morgan fingerprint density at radius 1 is 1.04 bits per heavy atom. The highest BCUT2D eigenvalue weighted by molar-refractivity contribution is 6.05. The Morgan fingerprint density at radius 3 is 2.37 bits per heavy atom. The van der Waals surface area contributed by atoms with Crippen molar-refractivity contribution in [3.05, 3.63) is 84.3 Å². The van der Waals surface area contributed by atoms with Crippen LogP contribution < -0.4 is 10.2 Å². The van der Waals surface area contributed by atoms with Crippen molar-refractivity contribution in [1.29, 1.82) is 0 Å². The summed E-state index contributed by atoms with van der Waals surface area (Å²) < 4.78 is 0. The molecule has 0 spiro atoms. The molecule has 1 aromatic heterocycles. The lowest BCUT2D eigenvalue weighted by molar-refractivity contribution is 0.0980. The second-order valence-corrected chi connectivity index (χ2v) is 6.45. The topological polar surface area (TPSA) is 58.1 Å². The van der Waals surface area contributed by atoms with Gasteiger partial charge in [0.15, 0.2) is 0 Å². The zero-order valence-electron chi connectivity index (χ0n) is 15.7. The Hall–Kier alpha value is -3.21. The van der Waals surface area contributed by atoms with Gasteiger partial charge in [-0.2, -0.15) is 0 Å². The molecule has 0 aliphatic rings. The molecule has 0 fully saturated rings. The molecule has 3 aromatic rings. The highest BCUT2D eigenvalue weighted by atomic mass is 16.2. The van der Waals surface area contributed by atoms with Crippen LogP contribution in [0.25, 0.3) is 0 Å². The first kappa shape index (κ1) is 18.6. The molecule has 1 N–H and O–H groups in total. The number of rotatable bonds is 7. The smallest absolute Gasteiger partial charge is 0.277 e. The van der Waals surface area contributed by atoms with E-state index in [0.717, 1.165) is 17.7 Å². The fourth-order valence-corrected chi connectivity index (χ4v) is 2.70. The predicted molar refractivity (Wildman–Crippen MR) is 109 cm³/mol. The third-order valence-electron chi connectivity index (χ3n) is 4.39. The molecule has 1 atom stereocenters. The van der Waals surface area contributed by atoms with Crippen LogP contribution in [0.4, 0.5) is 11.5 Å². The SMILES string of the molecule is CCC(C)Nc1cc(C(=O)N(Cc2ccccc2)c2ccccc2)ncn1. The van der Waals surface area contributed by atoms with Gasteiger partial charge >= 0.3 is 0 Å². The van der Waals surface area contributed by atoms with Gasteiger partial charge in [0.1, 0.15) is 17.8 Å². The molecule has 3 rings (SSSR count). The van der Waals surface area contributed by atoms with Gasteiger partial charge in [0.05, 0.1) is 6.54 Å². The summed E-state index contributed by atoms with van der Waals surface area (Å²) in [5.74, 6) is 0.509. The van der Waals surface area contributed by atoms with Crippen molar-refractivity contribution in [2.45, 2.75) is 32.9 Å². The first-order valence-electron chi connectivity index (χ1n) is 9.16. The fraction of sp³-hybridized carbons (Fsp3) is 0.227. The van der Waals surface area contributed by atoms with Crippen LogP contribution in [0.3, 0.4) is 0 Å². The van der Waals surface area contributed by atoms with Gasteiger partial charge in [0, 0.05) is 17.8 Å². The number of carbonyl (C=O) groups excluding carboxylic acids is 1. The second-order valence-electron chi connectivity index (χ2n) is 6.45. The van der Waals surface area contributed by atoms with Crippen molar-refractivity contribution in [2.24, 2.45) is 0 Å². The maximum absolute atomic E-state index is 13.3. The summed E-state index contributed by atoms with van der Waals surface area (Å²) >= 11 is 0. The molecule has 1 unspecified atom stereocenters. The van der Waals surface area contributed by atoms with E-state index < -0.39 is 0 Å². The summed E-state index contributed by atoms with van der Waals surface area (Å²) in [6.45, 7) is 4.65. The van der Waals surface area contributed by atoms with Crippen LogP contribution in [0.2, 0.25) is 0 Å². The number of hydrogen-bond acceptors (Lipinski definition) is 4. The standard InChI is InChI=1S/C22H24N4O/c1-3-17(2)25-21-14-20(23-16-24-21)22(27)26(19-12-8-5-9-13-19)15-18-10-6-4-7-11-18/h4-14,16-17H,3,15H2,1-2H3,(H,23,24,25). The molecule has 0 aliphatic heterocycles. The Kier molecular flexibility index (Phi) is 6.15. The molecule has 0 aliphatic carbocycles. The summed E-state index contributed by atoms with van der Waals surface area (Å²) in [4.78, 5) is 23.5. The van der Waals surface area contributed by atoms with Gasteiger partial charge in [0.25, 0.3) is 5.91 Å². The van der Waals surface area contributed by atoms with Gasteiger partial charge in [-0.05, 0) is 31.0 Å². The number of aromatic nitrogens is 2. The minimum Gasteiger partial charge on any atom is -0.368 e. The Bertz CT molecular complexity index is 868. The Labute approximate surface area is 160 Å². The van der Waals surface area contributed by atoms with Crippen LogP contribution >= 0.6 is 0 Å². The molecule has 1 amide bonds. The molecule has 0 bridgehead atoms. The lowest BCUT2D eigenvalue weighted by Gasteiger charge is -2.23. The van der Waals surface area contributed by atoms with E-state index in [1.54, 1.807) is 11.0 Å². The van der Waals surface area contributed by atoms with Crippen LogP contribution in [0.5, 0.6) is 0 Å². The van der Waals surface area contributed by atoms with Crippen molar-refractivity contribution in [3.8, 4) is 0 Å². The fourth-order valence-electron chi connectivity index (χ4n) is 2.70. The van der Waals surface area contributed by atoms with Gasteiger partial charge in [-0.25, -0.2) is 9.97 Å². The van der Waals surface area contributed by atoms with Crippen molar-refractivity contribution in [1.82, 2.24) is 9.97 Å². The molecule has 27 heavy (non-hydrogen) atoms. The molecular weight excluding hydrogens is 336 g/mol. The average molecular weight is 360 g/mol. The van der Waals surface area contributed by atoms with E-state index in [4.69, 9.17) is 0 Å². The molecule has 0 saturated carbocycles. The Balaban J connectivity index is 1.90. The monoisotopic (exact) mass is 360 g/mol. The largest absolute Gasteiger partial charge is 0.368 e. The molecule has 0 saturated heterocycles. The molecule has 1 heterocycles. The van der Waals surface area contributed by atoms with E-state index in [9.17, 15) is 4.79 Å². The molecule has 2 aromatic carbocycles. The van der Waals surface area contributed by atoms with E-state index in [2.05, 4.69) is 29.1 Å². The number of para-hydroxylation sites is 1. The van der Waals surface area contributed by atoms with Crippen molar-refractivity contribution in [2.75, 3.05) is 10.2 Å². The van der Waals surface area contributed by atoms with Crippen LogP contribution in [-0.4, -0.2) is 21.9 Å². The highest BCUT2D eigenvalue weighted by Crippen LogP contribution is 2.20. The minimum absolute atomic E-state index is 0.153. The maximum Gasteiger partial charge on any atom is 0.277 e. The van der Waals surface area contributed by atoms with E-state index in [1.807, 2.05) is 60.7 Å². The van der Waals surface area contributed by atoms with Crippen LogP contribution in [-0.2, 0) is 6.54 Å². The third-order valence-corrected chi connectivity index (χ3v) is 4.39. The predicted octanol–water partition coefficient (Wildman–Crippen LogP) is 4.53. The summed E-state index contributed by atoms with van der Waals surface area (Å²) in [6.07, 6.45) is 2.40. The van der Waals surface area contributed by atoms with Crippen molar-refractivity contribution >= 4 is 17.4 Å². The molecule has 0 radical (unpaired) electrons. The van der Waals surface area contributed by atoms with Crippen LogP contribution in [0.15, 0.2) is 73.1 Å². The second kappa shape index (κ2) is 8.94. The normalized spacial score (nSPS) is 11.6. The number of hydrogen-bond donors (Lipinski definition) is 1. The maximum atomic E-state index is 13.3. The number of anilines is 2.